The van der Waals surface area contributed by atoms with Gasteiger partial charge in [0.15, 0.2) is 11.5 Å². The van der Waals surface area contributed by atoms with Gasteiger partial charge < -0.3 is 4.74 Å². The Morgan fingerprint density at radius 3 is 2.39 bits per heavy atom. The van der Waals surface area contributed by atoms with Crippen LogP contribution in [0.2, 0.25) is 0 Å². The van der Waals surface area contributed by atoms with E-state index in [9.17, 15) is 4.79 Å². The van der Waals surface area contributed by atoms with Crippen LogP contribution in [0.25, 0.3) is 0 Å². The molecule has 2 heteroatoms. The Kier molecular flexibility index (Phi) is 4.14. The van der Waals surface area contributed by atoms with E-state index in [1.54, 1.807) is 0 Å². The van der Waals surface area contributed by atoms with E-state index in [4.69, 9.17) is 4.74 Å². The van der Waals surface area contributed by atoms with Gasteiger partial charge in [0.25, 0.3) is 0 Å². The molecule has 102 valence electrons. The molecular weight excluding hydrogens is 224 g/mol. The molecule has 0 saturated heterocycles. The Morgan fingerprint density at radius 2 is 1.89 bits per heavy atom. The summed E-state index contributed by atoms with van der Waals surface area (Å²) in [5.74, 6) is 1.90. The third-order valence-corrected chi connectivity index (χ3v) is 4.50. The van der Waals surface area contributed by atoms with Crippen molar-refractivity contribution in [1.82, 2.24) is 0 Å². The maximum absolute atomic E-state index is 12.3. The molecule has 2 rings (SSSR count). The fourth-order valence-corrected chi connectivity index (χ4v) is 3.15. The lowest BCUT2D eigenvalue weighted by molar-refractivity contribution is -0.124. The van der Waals surface area contributed by atoms with Crippen molar-refractivity contribution in [2.75, 3.05) is 6.61 Å². The van der Waals surface area contributed by atoms with Crippen LogP contribution in [-0.2, 0) is 9.53 Å². The van der Waals surface area contributed by atoms with Gasteiger partial charge >= 0.3 is 0 Å². The maximum atomic E-state index is 12.3. The fraction of sp³-hybridized carbons (Fsp3) is 0.812. The van der Waals surface area contributed by atoms with E-state index in [2.05, 4.69) is 20.8 Å². The summed E-state index contributed by atoms with van der Waals surface area (Å²) in [4.78, 5) is 12.3. The molecule has 1 aliphatic heterocycles. The molecule has 1 heterocycles. The fourth-order valence-electron chi connectivity index (χ4n) is 3.15. The Morgan fingerprint density at radius 1 is 1.22 bits per heavy atom. The molecule has 0 unspecified atom stereocenters. The summed E-state index contributed by atoms with van der Waals surface area (Å²) in [5, 5.41) is 0. The topological polar surface area (TPSA) is 26.3 Å². The van der Waals surface area contributed by atoms with Crippen LogP contribution in [0.1, 0.15) is 59.3 Å². The number of carbonyl (C=O) groups is 1. The van der Waals surface area contributed by atoms with Gasteiger partial charge in [-0.1, -0.05) is 20.8 Å². The number of Topliss-reactive ketones (excluding diaryl/α,β-unsaturated/α-hetero) is 1. The number of ether oxygens (including phenoxy) is 1. The molecular formula is C16H26O2. The molecule has 2 aliphatic rings. The minimum Gasteiger partial charge on any atom is -0.490 e. The molecule has 1 fully saturated rings. The van der Waals surface area contributed by atoms with Crippen molar-refractivity contribution in [3.8, 4) is 0 Å². The van der Waals surface area contributed by atoms with E-state index in [0.29, 0.717) is 11.2 Å². The molecule has 1 saturated carbocycles. The van der Waals surface area contributed by atoms with Crippen LogP contribution in [0.5, 0.6) is 0 Å². The van der Waals surface area contributed by atoms with Gasteiger partial charge in [0.1, 0.15) is 0 Å². The number of hydrogen-bond acceptors (Lipinski definition) is 2. The molecule has 0 bridgehead atoms. The predicted molar refractivity (Wildman–Crippen MR) is 73.2 cm³/mol. The summed E-state index contributed by atoms with van der Waals surface area (Å²) in [5.41, 5.74) is 0.384. The second-order valence-corrected chi connectivity index (χ2v) is 6.84. The van der Waals surface area contributed by atoms with Crippen molar-refractivity contribution in [2.24, 2.45) is 17.3 Å². The molecule has 2 nitrogen and oxygen atoms in total. The standard InChI is InChI=1S/C16H26O2/c1-16(2,3)13-9-7-12(8-10-13)15(17)14-6-4-5-11-18-14/h6,12-13H,4-5,7-11H2,1-3H3. The summed E-state index contributed by atoms with van der Waals surface area (Å²) in [6, 6.07) is 0. The summed E-state index contributed by atoms with van der Waals surface area (Å²) >= 11 is 0. The SMILES string of the molecule is CC(C)(C)C1CCC(C(=O)C2=CCCCO2)CC1. The summed E-state index contributed by atoms with van der Waals surface area (Å²) in [6.45, 7) is 7.65. The number of allylic oxidation sites excluding steroid dienone is 2. The van der Waals surface area contributed by atoms with Crippen LogP contribution in [-0.4, -0.2) is 12.4 Å². The first-order valence-electron chi connectivity index (χ1n) is 7.35. The van der Waals surface area contributed by atoms with Gasteiger partial charge in [-0.05, 0) is 55.9 Å². The molecule has 18 heavy (non-hydrogen) atoms. The number of rotatable bonds is 2. The first kappa shape index (κ1) is 13.6. The Bertz CT molecular complexity index is 327. The first-order chi connectivity index (χ1) is 8.48. The first-order valence-corrected chi connectivity index (χ1v) is 7.35. The molecule has 1 aliphatic carbocycles. The van der Waals surface area contributed by atoms with E-state index in [-0.39, 0.29) is 11.7 Å². The van der Waals surface area contributed by atoms with Crippen LogP contribution in [0.3, 0.4) is 0 Å². The van der Waals surface area contributed by atoms with Crippen molar-refractivity contribution >= 4 is 5.78 Å². The summed E-state index contributed by atoms with van der Waals surface area (Å²) in [7, 11) is 0. The van der Waals surface area contributed by atoms with Gasteiger partial charge in [0, 0.05) is 5.92 Å². The van der Waals surface area contributed by atoms with E-state index >= 15 is 0 Å². The monoisotopic (exact) mass is 250 g/mol. The van der Waals surface area contributed by atoms with Crippen molar-refractivity contribution in [3.63, 3.8) is 0 Å². The largest absolute Gasteiger partial charge is 0.490 e. The van der Waals surface area contributed by atoms with E-state index < -0.39 is 0 Å². The molecule has 0 N–H and O–H groups in total. The quantitative estimate of drug-likeness (QED) is 0.737. The van der Waals surface area contributed by atoms with E-state index in [1.165, 1.54) is 12.8 Å². The lowest BCUT2D eigenvalue weighted by Gasteiger charge is -2.36. The van der Waals surface area contributed by atoms with Crippen molar-refractivity contribution < 1.29 is 9.53 Å². The molecule has 0 aromatic carbocycles. The van der Waals surface area contributed by atoms with Crippen molar-refractivity contribution in [3.05, 3.63) is 11.8 Å². The van der Waals surface area contributed by atoms with E-state index in [0.717, 1.165) is 38.2 Å². The highest BCUT2D eigenvalue weighted by Gasteiger charge is 2.33. The van der Waals surface area contributed by atoms with Crippen LogP contribution in [0.15, 0.2) is 11.8 Å². The van der Waals surface area contributed by atoms with Gasteiger partial charge in [0.2, 0.25) is 0 Å². The third kappa shape index (κ3) is 3.15. The van der Waals surface area contributed by atoms with Gasteiger partial charge in [-0.2, -0.15) is 0 Å². The van der Waals surface area contributed by atoms with Gasteiger partial charge in [-0.25, -0.2) is 0 Å². The smallest absolute Gasteiger partial charge is 0.200 e. The number of hydrogen-bond donors (Lipinski definition) is 0. The minimum absolute atomic E-state index is 0.216. The Balaban J connectivity index is 1.89. The van der Waals surface area contributed by atoms with Crippen molar-refractivity contribution in [1.29, 1.82) is 0 Å². The molecule has 0 atom stereocenters. The zero-order valence-corrected chi connectivity index (χ0v) is 12.0. The highest BCUT2D eigenvalue weighted by Crippen LogP contribution is 2.40. The molecule has 0 aromatic rings. The zero-order valence-electron chi connectivity index (χ0n) is 12.0. The lowest BCUT2D eigenvalue weighted by atomic mass is 9.69. The molecule has 0 amide bonds. The average Bonchev–Trinajstić information content (AvgIpc) is 2.38. The van der Waals surface area contributed by atoms with Crippen LogP contribution < -0.4 is 0 Å². The second-order valence-electron chi connectivity index (χ2n) is 6.84. The summed E-state index contributed by atoms with van der Waals surface area (Å²) < 4.78 is 5.50. The van der Waals surface area contributed by atoms with Gasteiger partial charge in [-0.15, -0.1) is 0 Å². The molecule has 0 radical (unpaired) electrons. The normalized spacial score (nSPS) is 29.4. The van der Waals surface area contributed by atoms with Crippen LogP contribution in [0.4, 0.5) is 0 Å². The number of carbonyl (C=O) groups excluding carboxylic acids is 1. The lowest BCUT2D eigenvalue weighted by Crippen LogP contribution is -2.30. The Labute approximate surface area is 111 Å². The predicted octanol–water partition coefficient (Wildman–Crippen LogP) is 4.10. The maximum Gasteiger partial charge on any atom is 0.200 e. The highest BCUT2D eigenvalue weighted by atomic mass is 16.5. The third-order valence-electron chi connectivity index (χ3n) is 4.50. The number of ketones is 1. The average molecular weight is 250 g/mol. The van der Waals surface area contributed by atoms with Crippen LogP contribution in [0, 0.1) is 17.3 Å². The molecule has 0 aromatic heterocycles. The van der Waals surface area contributed by atoms with Crippen molar-refractivity contribution in [2.45, 2.75) is 59.3 Å². The zero-order chi connectivity index (χ0) is 13.2. The molecule has 0 spiro atoms. The van der Waals surface area contributed by atoms with Crippen LogP contribution >= 0.6 is 0 Å². The van der Waals surface area contributed by atoms with Gasteiger partial charge in [0.05, 0.1) is 6.61 Å². The van der Waals surface area contributed by atoms with Gasteiger partial charge in [-0.3, -0.25) is 4.79 Å². The summed E-state index contributed by atoms with van der Waals surface area (Å²) in [6.07, 6.45) is 8.50. The minimum atomic E-state index is 0.216. The van der Waals surface area contributed by atoms with E-state index in [1.807, 2.05) is 6.08 Å². The Hall–Kier alpha value is -0.790. The second kappa shape index (κ2) is 5.46. The highest BCUT2D eigenvalue weighted by molar-refractivity contribution is 5.95.